The number of nitrogens with zero attached hydrogens (tertiary/aromatic N) is 1. The lowest BCUT2D eigenvalue weighted by atomic mass is 10.0. The Bertz CT molecular complexity index is 613. The quantitative estimate of drug-likeness (QED) is 0.918. The summed E-state index contributed by atoms with van der Waals surface area (Å²) in [5.74, 6) is 0.824. The first-order valence-electron chi connectivity index (χ1n) is 8.26. The highest BCUT2D eigenvalue weighted by Gasteiger charge is 2.20. The fraction of sp³-hybridized carbons (Fsp3) is 0.474. The van der Waals surface area contributed by atoms with Crippen LogP contribution in [0.3, 0.4) is 0 Å². The Morgan fingerprint density at radius 1 is 1.18 bits per heavy atom. The lowest BCUT2D eigenvalue weighted by molar-refractivity contribution is 0.0438. The lowest BCUT2D eigenvalue weighted by Gasteiger charge is -2.34. The molecule has 0 aromatic heterocycles. The van der Waals surface area contributed by atoms with Crippen LogP contribution in [0.15, 0.2) is 42.5 Å². The molecule has 1 aliphatic heterocycles. The Hall–Kier alpha value is -1.58. The lowest BCUT2D eigenvalue weighted by Crippen LogP contribution is -2.43. The molecule has 22 heavy (non-hydrogen) atoms. The summed E-state index contributed by atoms with van der Waals surface area (Å²) in [6.45, 7) is 4.39. The average molecular weight is 299 g/mol. The molecule has 3 nitrogen and oxygen atoms in total. The van der Waals surface area contributed by atoms with Gasteiger partial charge < -0.3 is 9.84 Å². The molecule has 0 unspecified atom stereocenters. The molecule has 1 heterocycles. The standard InChI is InChI=1S/C19H25NO2/c1-15-6-4-5-11-20(15)13-18(21)14-22-19-10-9-16-7-2-3-8-17(16)12-19/h2-3,7-10,12,15,18,21H,4-6,11,13-14H2,1H3/t15-,18-/m1/s1. The van der Waals surface area contributed by atoms with Gasteiger partial charge in [0, 0.05) is 12.6 Å². The van der Waals surface area contributed by atoms with Crippen LogP contribution in [0.2, 0.25) is 0 Å². The number of fused-ring (bicyclic) bond motifs is 1. The summed E-state index contributed by atoms with van der Waals surface area (Å²) in [7, 11) is 0. The molecule has 1 fully saturated rings. The molecule has 118 valence electrons. The smallest absolute Gasteiger partial charge is 0.120 e. The molecular weight excluding hydrogens is 274 g/mol. The minimum absolute atomic E-state index is 0.349. The maximum Gasteiger partial charge on any atom is 0.120 e. The van der Waals surface area contributed by atoms with Gasteiger partial charge in [-0.05, 0) is 49.2 Å². The predicted molar refractivity (Wildman–Crippen MR) is 90.3 cm³/mol. The third-order valence-electron chi connectivity index (χ3n) is 4.55. The van der Waals surface area contributed by atoms with Gasteiger partial charge in [0.25, 0.3) is 0 Å². The maximum atomic E-state index is 10.2. The number of ether oxygens (including phenoxy) is 1. The molecule has 3 heteroatoms. The van der Waals surface area contributed by atoms with Gasteiger partial charge in [0.05, 0.1) is 0 Å². The molecule has 3 rings (SSSR count). The number of piperidine rings is 1. The van der Waals surface area contributed by atoms with Crippen molar-refractivity contribution in [3.63, 3.8) is 0 Å². The van der Waals surface area contributed by atoms with Crippen molar-refractivity contribution in [1.82, 2.24) is 4.90 Å². The Morgan fingerprint density at radius 3 is 2.82 bits per heavy atom. The highest BCUT2D eigenvalue weighted by atomic mass is 16.5. The fourth-order valence-electron chi connectivity index (χ4n) is 3.20. The summed E-state index contributed by atoms with van der Waals surface area (Å²) in [5.41, 5.74) is 0. The highest BCUT2D eigenvalue weighted by Crippen LogP contribution is 2.21. The third-order valence-corrected chi connectivity index (χ3v) is 4.55. The van der Waals surface area contributed by atoms with E-state index in [4.69, 9.17) is 4.74 Å². The Morgan fingerprint density at radius 2 is 2.00 bits per heavy atom. The van der Waals surface area contributed by atoms with E-state index in [1.165, 1.54) is 30.0 Å². The van der Waals surface area contributed by atoms with Crippen molar-refractivity contribution < 1.29 is 9.84 Å². The van der Waals surface area contributed by atoms with Crippen LogP contribution in [0.4, 0.5) is 0 Å². The number of likely N-dealkylation sites (tertiary alicyclic amines) is 1. The molecular formula is C19H25NO2. The second-order valence-electron chi connectivity index (χ2n) is 6.31. The van der Waals surface area contributed by atoms with Crippen LogP contribution < -0.4 is 4.74 Å². The summed E-state index contributed by atoms with van der Waals surface area (Å²) in [5, 5.41) is 12.6. The van der Waals surface area contributed by atoms with E-state index in [9.17, 15) is 5.11 Å². The normalized spacial score (nSPS) is 20.9. The van der Waals surface area contributed by atoms with Crippen molar-refractivity contribution in [3.8, 4) is 5.75 Å². The Balaban J connectivity index is 1.54. The fourth-order valence-corrected chi connectivity index (χ4v) is 3.20. The van der Waals surface area contributed by atoms with Crippen molar-refractivity contribution in [2.45, 2.75) is 38.3 Å². The summed E-state index contributed by atoms with van der Waals surface area (Å²) in [4.78, 5) is 2.37. The number of aliphatic hydroxyl groups is 1. The first-order valence-corrected chi connectivity index (χ1v) is 8.26. The zero-order valence-corrected chi connectivity index (χ0v) is 13.2. The monoisotopic (exact) mass is 299 g/mol. The van der Waals surface area contributed by atoms with E-state index >= 15 is 0 Å². The second-order valence-corrected chi connectivity index (χ2v) is 6.31. The van der Waals surface area contributed by atoms with Crippen LogP contribution in [-0.4, -0.2) is 41.8 Å². The van der Waals surface area contributed by atoms with Crippen molar-refractivity contribution in [3.05, 3.63) is 42.5 Å². The molecule has 0 saturated carbocycles. The molecule has 0 bridgehead atoms. The molecule has 1 N–H and O–H groups in total. The maximum absolute atomic E-state index is 10.2. The first kappa shape index (κ1) is 15.3. The van der Waals surface area contributed by atoms with Gasteiger partial charge in [-0.2, -0.15) is 0 Å². The van der Waals surface area contributed by atoms with E-state index in [1.54, 1.807) is 0 Å². The van der Waals surface area contributed by atoms with Crippen LogP contribution in [0.5, 0.6) is 5.75 Å². The van der Waals surface area contributed by atoms with Crippen molar-refractivity contribution in [2.75, 3.05) is 19.7 Å². The zero-order chi connectivity index (χ0) is 15.4. The van der Waals surface area contributed by atoms with E-state index < -0.39 is 6.10 Å². The Kier molecular flexibility index (Phi) is 4.96. The molecule has 0 amide bonds. The number of benzene rings is 2. The minimum Gasteiger partial charge on any atom is -0.491 e. The number of hydrogen-bond acceptors (Lipinski definition) is 3. The van der Waals surface area contributed by atoms with Gasteiger partial charge in [-0.1, -0.05) is 36.8 Å². The first-order chi connectivity index (χ1) is 10.7. The summed E-state index contributed by atoms with van der Waals surface area (Å²) >= 11 is 0. The number of aliphatic hydroxyl groups excluding tert-OH is 1. The van der Waals surface area contributed by atoms with Gasteiger partial charge >= 0.3 is 0 Å². The molecule has 0 aliphatic carbocycles. The van der Waals surface area contributed by atoms with E-state index in [0.717, 1.165) is 12.3 Å². The summed E-state index contributed by atoms with van der Waals surface area (Å²) < 4.78 is 5.78. The van der Waals surface area contributed by atoms with Crippen LogP contribution in [0.25, 0.3) is 10.8 Å². The third kappa shape index (κ3) is 3.79. The molecule has 0 spiro atoms. The average Bonchev–Trinajstić information content (AvgIpc) is 2.55. The van der Waals surface area contributed by atoms with E-state index in [2.05, 4.69) is 30.0 Å². The number of hydrogen-bond donors (Lipinski definition) is 1. The number of rotatable bonds is 5. The molecule has 2 aromatic carbocycles. The van der Waals surface area contributed by atoms with Gasteiger partial charge in [-0.3, -0.25) is 4.90 Å². The van der Waals surface area contributed by atoms with Crippen molar-refractivity contribution in [2.24, 2.45) is 0 Å². The van der Waals surface area contributed by atoms with Gasteiger partial charge in [-0.15, -0.1) is 0 Å². The SMILES string of the molecule is C[C@@H]1CCCCN1C[C@@H](O)COc1ccc2ccccc2c1. The van der Waals surface area contributed by atoms with Crippen LogP contribution in [-0.2, 0) is 0 Å². The van der Waals surface area contributed by atoms with Crippen LogP contribution in [0, 0.1) is 0 Å². The van der Waals surface area contributed by atoms with Gasteiger partial charge in [-0.25, -0.2) is 0 Å². The van der Waals surface area contributed by atoms with Gasteiger partial charge in [0.15, 0.2) is 0 Å². The van der Waals surface area contributed by atoms with Crippen molar-refractivity contribution >= 4 is 10.8 Å². The van der Waals surface area contributed by atoms with E-state index in [-0.39, 0.29) is 0 Å². The Labute approximate surface area is 132 Å². The summed E-state index contributed by atoms with van der Waals surface area (Å²) in [6.07, 6.45) is 3.34. The highest BCUT2D eigenvalue weighted by molar-refractivity contribution is 5.83. The molecule has 1 saturated heterocycles. The second kappa shape index (κ2) is 7.12. The minimum atomic E-state index is -0.438. The molecule has 1 aliphatic rings. The largest absolute Gasteiger partial charge is 0.491 e. The number of β-amino-alcohol motifs (C(OH)–C–C–N with tert-alkyl or cyclic N) is 1. The van der Waals surface area contributed by atoms with Crippen LogP contribution >= 0.6 is 0 Å². The van der Waals surface area contributed by atoms with Crippen LogP contribution in [0.1, 0.15) is 26.2 Å². The molecule has 2 atom stereocenters. The van der Waals surface area contributed by atoms with Gasteiger partial charge in [0.2, 0.25) is 0 Å². The van der Waals surface area contributed by atoms with Crippen molar-refractivity contribution in [1.29, 1.82) is 0 Å². The van der Waals surface area contributed by atoms with Gasteiger partial charge in [0.1, 0.15) is 18.5 Å². The van der Waals surface area contributed by atoms with E-state index in [0.29, 0.717) is 19.2 Å². The zero-order valence-electron chi connectivity index (χ0n) is 13.2. The predicted octanol–water partition coefficient (Wildman–Crippen LogP) is 3.45. The summed E-state index contributed by atoms with van der Waals surface area (Å²) in [6, 6.07) is 14.9. The molecule has 2 aromatic rings. The topological polar surface area (TPSA) is 32.7 Å². The molecule has 0 radical (unpaired) electrons. The van der Waals surface area contributed by atoms with E-state index in [1.807, 2.05) is 24.3 Å².